The second-order valence-corrected chi connectivity index (χ2v) is 5.59. The molecule has 4 heteroatoms. The maximum Gasteiger partial charge on any atom is 0.220 e. The van der Waals surface area contributed by atoms with E-state index in [0.29, 0.717) is 12.3 Å². The molecule has 2 aromatic rings. The number of hydrogen-bond acceptors (Lipinski definition) is 2. The highest BCUT2D eigenvalue weighted by Crippen LogP contribution is 2.34. The van der Waals surface area contributed by atoms with Gasteiger partial charge in [-0.3, -0.25) is 4.79 Å². The van der Waals surface area contributed by atoms with E-state index in [1.165, 1.54) is 15.0 Å². The lowest BCUT2D eigenvalue weighted by Gasteiger charge is -2.01. The Labute approximate surface area is 102 Å². The molecule has 0 bridgehead atoms. The Bertz CT molecular complexity index is 563. The van der Waals surface area contributed by atoms with Crippen LogP contribution < -0.4 is 5.32 Å². The highest BCUT2D eigenvalue weighted by Gasteiger charge is 2.24. The Morgan fingerprint density at radius 2 is 2.25 bits per heavy atom. The predicted molar refractivity (Wildman–Crippen MR) is 67.2 cm³/mol. The van der Waals surface area contributed by atoms with Crippen molar-refractivity contribution in [1.29, 1.82) is 0 Å². The first kappa shape index (κ1) is 10.1. The molecule has 1 aromatic heterocycles. The largest absolute Gasteiger partial charge is 0.355 e. The maximum absolute atomic E-state index is 11.2. The molecule has 1 saturated heterocycles. The SMILES string of the molecule is O=C1CC(c2cc3cc(Cl)ccc3s2)CN1. The monoisotopic (exact) mass is 251 g/mol. The molecule has 1 aromatic carbocycles. The van der Waals surface area contributed by atoms with Crippen molar-refractivity contribution >= 4 is 38.9 Å². The van der Waals surface area contributed by atoms with E-state index in [0.717, 1.165) is 11.6 Å². The van der Waals surface area contributed by atoms with Crippen LogP contribution in [0.4, 0.5) is 0 Å². The van der Waals surface area contributed by atoms with Gasteiger partial charge < -0.3 is 5.32 Å². The second-order valence-electron chi connectivity index (χ2n) is 4.04. The van der Waals surface area contributed by atoms with Crippen LogP contribution in [0.25, 0.3) is 10.1 Å². The van der Waals surface area contributed by atoms with Crippen molar-refractivity contribution in [2.75, 3.05) is 6.54 Å². The summed E-state index contributed by atoms with van der Waals surface area (Å²) < 4.78 is 1.23. The molecule has 1 atom stereocenters. The quantitative estimate of drug-likeness (QED) is 0.829. The molecule has 3 rings (SSSR count). The molecule has 16 heavy (non-hydrogen) atoms. The number of amides is 1. The second kappa shape index (κ2) is 3.75. The van der Waals surface area contributed by atoms with Gasteiger partial charge in [-0.25, -0.2) is 0 Å². The van der Waals surface area contributed by atoms with Crippen molar-refractivity contribution in [3.63, 3.8) is 0 Å². The fraction of sp³-hybridized carbons (Fsp3) is 0.250. The van der Waals surface area contributed by atoms with Gasteiger partial charge in [0.05, 0.1) is 0 Å². The first-order valence-electron chi connectivity index (χ1n) is 5.18. The van der Waals surface area contributed by atoms with E-state index >= 15 is 0 Å². The van der Waals surface area contributed by atoms with Gasteiger partial charge in [-0.2, -0.15) is 0 Å². The summed E-state index contributed by atoms with van der Waals surface area (Å²) in [5.74, 6) is 0.490. The number of benzene rings is 1. The number of thiophene rings is 1. The number of halogens is 1. The smallest absolute Gasteiger partial charge is 0.220 e. The van der Waals surface area contributed by atoms with Gasteiger partial charge >= 0.3 is 0 Å². The third-order valence-electron chi connectivity index (χ3n) is 2.88. The Kier molecular flexibility index (Phi) is 2.37. The van der Waals surface area contributed by atoms with E-state index in [1.54, 1.807) is 11.3 Å². The van der Waals surface area contributed by atoms with Crippen molar-refractivity contribution in [2.45, 2.75) is 12.3 Å². The van der Waals surface area contributed by atoms with Gasteiger partial charge in [-0.05, 0) is 29.7 Å². The normalized spacial score (nSPS) is 20.3. The van der Waals surface area contributed by atoms with E-state index in [1.807, 2.05) is 18.2 Å². The van der Waals surface area contributed by atoms with Crippen LogP contribution in [0, 0.1) is 0 Å². The molecule has 2 heterocycles. The lowest BCUT2D eigenvalue weighted by atomic mass is 10.1. The van der Waals surface area contributed by atoms with Crippen LogP contribution in [0.3, 0.4) is 0 Å². The highest BCUT2D eigenvalue weighted by atomic mass is 35.5. The zero-order chi connectivity index (χ0) is 11.1. The molecular formula is C12H10ClNOS. The standard InChI is InChI=1S/C12H10ClNOS/c13-9-1-2-10-7(3-9)4-11(16-10)8-5-12(15)14-6-8/h1-4,8H,5-6H2,(H,14,15). The van der Waals surface area contributed by atoms with Gasteiger partial charge in [0, 0.05) is 33.5 Å². The summed E-state index contributed by atoms with van der Waals surface area (Å²) in [6, 6.07) is 8.07. The Balaban J connectivity index is 2.02. The van der Waals surface area contributed by atoms with Gasteiger partial charge in [0.25, 0.3) is 0 Å². The summed E-state index contributed by atoms with van der Waals surface area (Å²) in [6.07, 6.45) is 0.612. The summed E-state index contributed by atoms with van der Waals surface area (Å²) in [4.78, 5) is 12.4. The molecular weight excluding hydrogens is 242 g/mol. The third kappa shape index (κ3) is 1.70. The Morgan fingerprint density at radius 3 is 3.00 bits per heavy atom. The topological polar surface area (TPSA) is 29.1 Å². The Hall–Kier alpha value is -1.06. The summed E-state index contributed by atoms with van der Waals surface area (Å²) in [5, 5.41) is 4.80. The number of hydrogen-bond donors (Lipinski definition) is 1. The van der Waals surface area contributed by atoms with E-state index in [-0.39, 0.29) is 5.91 Å². The summed E-state index contributed by atoms with van der Waals surface area (Å²) >= 11 is 7.70. The first-order valence-corrected chi connectivity index (χ1v) is 6.37. The molecule has 82 valence electrons. The molecule has 1 aliphatic rings. The van der Waals surface area contributed by atoms with Crippen LogP contribution in [0.15, 0.2) is 24.3 Å². The zero-order valence-electron chi connectivity index (χ0n) is 8.50. The van der Waals surface area contributed by atoms with Crippen molar-refractivity contribution < 1.29 is 4.79 Å². The van der Waals surface area contributed by atoms with Crippen LogP contribution in [-0.2, 0) is 4.79 Å². The number of carbonyl (C=O) groups excluding carboxylic acids is 1. The molecule has 0 spiro atoms. The van der Waals surface area contributed by atoms with E-state index in [2.05, 4.69) is 11.4 Å². The predicted octanol–water partition coefficient (Wildman–Crippen LogP) is 3.16. The minimum absolute atomic E-state index is 0.153. The Morgan fingerprint density at radius 1 is 1.38 bits per heavy atom. The molecule has 1 amide bonds. The van der Waals surface area contributed by atoms with E-state index < -0.39 is 0 Å². The van der Waals surface area contributed by atoms with Crippen LogP contribution in [0.1, 0.15) is 17.2 Å². The van der Waals surface area contributed by atoms with Crippen LogP contribution >= 0.6 is 22.9 Å². The van der Waals surface area contributed by atoms with Gasteiger partial charge in [0.2, 0.25) is 5.91 Å². The third-order valence-corrected chi connectivity index (χ3v) is 4.39. The molecule has 1 fully saturated rings. The van der Waals surface area contributed by atoms with Crippen LogP contribution in [0.2, 0.25) is 5.02 Å². The lowest BCUT2D eigenvalue weighted by molar-refractivity contribution is -0.119. The van der Waals surface area contributed by atoms with Crippen molar-refractivity contribution in [3.05, 3.63) is 34.2 Å². The van der Waals surface area contributed by atoms with E-state index in [9.17, 15) is 4.79 Å². The van der Waals surface area contributed by atoms with Gasteiger partial charge in [0.15, 0.2) is 0 Å². The van der Waals surface area contributed by atoms with Crippen molar-refractivity contribution in [2.24, 2.45) is 0 Å². The molecule has 1 unspecified atom stereocenters. The van der Waals surface area contributed by atoms with Crippen molar-refractivity contribution in [1.82, 2.24) is 5.32 Å². The summed E-state index contributed by atoms with van der Waals surface area (Å²) in [7, 11) is 0. The summed E-state index contributed by atoms with van der Waals surface area (Å²) in [6.45, 7) is 0.763. The van der Waals surface area contributed by atoms with Gasteiger partial charge in [-0.1, -0.05) is 11.6 Å². The average molecular weight is 252 g/mol. The number of rotatable bonds is 1. The minimum atomic E-state index is 0.153. The van der Waals surface area contributed by atoms with E-state index in [4.69, 9.17) is 11.6 Å². The van der Waals surface area contributed by atoms with Crippen molar-refractivity contribution in [3.8, 4) is 0 Å². The minimum Gasteiger partial charge on any atom is -0.355 e. The molecule has 1 N–H and O–H groups in total. The molecule has 0 aliphatic carbocycles. The fourth-order valence-electron chi connectivity index (χ4n) is 2.04. The maximum atomic E-state index is 11.2. The lowest BCUT2D eigenvalue weighted by Crippen LogP contribution is -2.13. The number of carbonyl (C=O) groups is 1. The molecule has 0 radical (unpaired) electrons. The van der Waals surface area contributed by atoms with Gasteiger partial charge in [-0.15, -0.1) is 11.3 Å². The zero-order valence-corrected chi connectivity index (χ0v) is 10.1. The van der Waals surface area contributed by atoms with Gasteiger partial charge in [0.1, 0.15) is 0 Å². The first-order chi connectivity index (χ1) is 7.72. The number of nitrogens with one attached hydrogen (secondary N) is 1. The summed E-state index contributed by atoms with van der Waals surface area (Å²) in [5.41, 5.74) is 0. The highest BCUT2D eigenvalue weighted by molar-refractivity contribution is 7.19. The van der Waals surface area contributed by atoms with Crippen LogP contribution in [0.5, 0.6) is 0 Å². The fourth-order valence-corrected chi connectivity index (χ4v) is 3.37. The molecule has 1 aliphatic heterocycles. The average Bonchev–Trinajstić information content (AvgIpc) is 2.83. The molecule has 2 nitrogen and oxygen atoms in total. The van der Waals surface area contributed by atoms with Crippen LogP contribution in [-0.4, -0.2) is 12.5 Å². The molecule has 0 saturated carbocycles. The number of fused-ring (bicyclic) bond motifs is 1.